The second kappa shape index (κ2) is 9.04. The van der Waals surface area contributed by atoms with Crippen LogP contribution in [0.25, 0.3) is 0 Å². The van der Waals surface area contributed by atoms with E-state index in [9.17, 15) is 9.90 Å². The molecule has 1 saturated heterocycles. The van der Waals surface area contributed by atoms with Crippen LogP contribution in [-0.4, -0.2) is 54.5 Å². The largest absolute Gasteiger partial charge is 0.392 e. The smallest absolute Gasteiger partial charge is 0.317 e. The molecule has 0 unspecified atom stereocenters. The van der Waals surface area contributed by atoms with Gasteiger partial charge in [0, 0.05) is 38.0 Å². The van der Waals surface area contributed by atoms with Crippen LogP contribution in [0.4, 0.5) is 4.79 Å². The van der Waals surface area contributed by atoms with Crippen LogP contribution in [-0.2, 0) is 11.3 Å². The fourth-order valence-electron chi connectivity index (χ4n) is 4.04. The van der Waals surface area contributed by atoms with E-state index in [-0.39, 0.29) is 36.1 Å². The molecule has 6 nitrogen and oxygen atoms in total. The van der Waals surface area contributed by atoms with Crippen molar-refractivity contribution < 1.29 is 14.6 Å². The number of nitrogens with zero attached hydrogens (tertiary/aromatic N) is 1. The summed E-state index contributed by atoms with van der Waals surface area (Å²) in [6, 6.07) is 8.03. The number of piperidine rings is 1. The first kappa shape index (κ1) is 21.0. The molecular weight excluding hydrogens is 354 g/mol. The molecule has 1 aliphatic carbocycles. The van der Waals surface area contributed by atoms with Gasteiger partial charge in [-0.2, -0.15) is 0 Å². The van der Waals surface area contributed by atoms with E-state index in [1.807, 2.05) is 36.1 Å². The fraction of sp³-hybridized carbons (Fsp3) is 0.632. The number of hydrogen-bond donors (Lipinski definition) is 3. The lowest BCUT2D eigenvalue weighted by atomic mass is 9.58. The van der Waals surface area contributed by atoms with Crippen molar-refractivity contribution in [3.8, 4) is 0 Å². The predicted octanol–water partition coefficient (Wildman–Crippen LogP) is 1.82. The first-order chi connectivity index (χ1) is 12.1. The summed E-state index contributed by atoms with van der Waals surface area (Å²) in [6.45, 7) is 4.91. The maximum atomic E-state index is 12.4. The number of nitrogens with two attached hydrogens (primary N) is 1. The lowest BCUT2D eigenvalue weighted by Crippen LogP contribution is -2.63. The molecule has 1 spiro atoms. The third kappa shape index (κ3) is 4.14. The topological polar surface area (TPSA) is 87.8 Å². The number of amides is 2. The number of aliphatic hydroxyl groups excluding tert-OH is 1. The molecule has 2 aliphatic rings. The number of hydrogen-bond acceptors (Lipinski definition) is 4. The highest BCUT2D eigenvalue weighted by Crippen LogP contribution is 2.50. The van der Waals surface area contributed by atoms with Crippen LogP contribution in [0.5, 0.6) is 0 Å². The van der Waals surface area contributed by atoms with E-state index in [1.165, 1.54) is 5.56 Å². The molecule has 7 heteroatoms. The molecule has 1 aromatic rings. The van der Waals surface area contributed by atoms with Crippen LogP contribution in [0, 0.1) is 12.3 Å². The summed E-state index contributed by atoms with van der Waals surface area (Å²) < 4.78 is 5.80. The molecule has 1 aromatic carbocycles. The average Bonchev–Trinajstić information content (AvgIpc) is 2.64. The summed E-state index contributed by atoms with van der Waals surface area (Å²) in [6.07, 6.45) is 1.98. The Morgan fingerprint density at radius 3 is 2.69 bits per heavy atom. The van der Waals surface area contributed by atoms with Crippen LogP contribution in [0.1, 0.15) is 30.4 Å². The molecule has 1 aliphatic heterocycles. The Morgan fingerprint density at radius 1 is 1.38 bits per heavy atom. The van der Waals surface area contributed by atoms with E-state index in [0.717, 1.165) is 18.4 Å². The Labute approximate surface area is 161 Å². The van der Waals surface area contributed by atoms with Crippen molar-refractivity contribution in [1.82, 2.24) is 10.2 Å². The van der Waals surface area contributed by atoms with E-state index in [4.69, 9.17) is 10.5 Å². The summed E-state index contributed by atoms with van der Waals surface area (Å²) in [5, 5.41) is 13.3. The first-order valence-corrected chi connectivity index (χ1v) is 9.14. The highest BCUT2D eigenvalue weighted by molar-refractivity contribution is 5.85. The van der Waals surface area contributed by atoms with Crippen LogP contribution < -0.4 is 11.1 Å². The second-order valence-corrected chi connectivity index (χ2v) is 7.21. The number of likely N-dealkylation sites (tertiary alicyclic amines) is 1. The minimum absolute atomic E-state index is 0. The molecule has 0 bridgehead atoms. The van der Waals surface area contributed by atoms with E-state index >= 15 is 0 Å². The van der Waals surface area contributed by atoms with E-state index in [2.05, 4.69) is 5.32 Å². The molecule has 0 radical (unpaired) electrons. The average molecular weight is 384 g/mol. The second-order valence-electron chi connectivity index (χ2n) is 7.21. The van der Waals surface area contributed by atoms with Gasteiger partial charge in [0.2, 0.25) is 0 Å². The summed E-state index contributed by atoms with van der Waals surface area (Å²) in [4.78, 5) is 14.3. The van der Waals surface area contributed by atoms with Crippen LogP contribution in [0.2, 0.25) is 0 Å². The minimum atomic E-state index is -0.326. The van der Waals surface area contributed by atoms with Gasteiger partial charge in [-0.15, -0.1) is 12.4 Å². The first-order valence-electron chi connectivity index (χ1n) is 9.14. The lowest BCUT2D eigenvalue weighted by Gasteiger charge is -2.56. The highest BCUT2D eigenvalue weighted by atomic mass is 35.5. The van der Waals surface area contributed by atoms with Gasteiger partial charge in [0.1, 0.15) is 0 Å². The van der Waals surface area contributed by atoms with Crippen molar-refractivity contribution in [3.05, 3.63) is 35.4 Å². The van der Waals surface area contributed by atoms with Crippen LogP contribution >= 0.6 is 12.4 Å². The quantitative estimate of drug-likeness (QED) is 0.723. The molecule has 2 amide bonds. The van der Waals surface area contributed by atoms with Gasteiger partial charge >= 0.3 is 6.03 Å². The van der Waals surface area contributed by atoms with E-state index < -0.39 is 0 Å². The molecule has 0 aromatic heterocycles. The van der Waals surface area contributed by atoms with Gasteiger partial charge in [-0.05, 0) is 30.9 Å². The molecule has 3 rings (SSSR count). The van der Waals surface area contributed by atoms with Crippen molar-refractivity contribution in [2.45, 2.75) is 44.9 Å². The third-order valence-electron chi connectivity index (χ3n) is 5.85. The number of benzene rings is 1. The maximum absolute atomic E-state index is 12.4. The molecule has 2 atom stereocenters. The zero-order valence-corrected chi connectivity index (χ0v) is 16.1. The predicted molar refractivity (Wildman–Crippen MR) is 103 cm³/mol. The Kier molecular flexibility index (Phi) is 7.29. The molecule has 146 valence electrons. The van der Waals surface area contributed by atoms with E-state index in [1.54, 1.807) is 0 Å². The monoisotopic (exact) mass is 383 g/mol. The highest BCUT2D eigenvalue weighted by Gasteiger charge is 2.56. The number of urea groups is 1. The summed E-state index contributed by atoms with van der Waals surface area (Å²) in [7, 11) is 0. The number of rotatable bonds is 5. The van der Waals surface area contributed by atoms with Crippen molar-refractivity contribution in [1.29, 1.82) is 0 Å². The molecule has 2 fully saturated rings. The number of halogens is 1. The number of ether oxygens (including phenoxy) is 1. The van der Waals surface area contributed by atoms with Gasteiger partial charge < -0.3 is 25.8 Å². The number of carbonyl (C=O) groups is 1. The molecule has 1 saturated carbocycles. The number of nitrogens with one attached hydrogen (secondary N) is 1. The fourth-order valence-corrected chi connectivity index (χ4v) is 4.04. The Hall–Kier alpha value is -1.34. The standard InChI is InChI=1S/C19H29N3O3.ClH/c1-14-4-2-3-5-15(14)13-21-18(24)22-9-6-19(7-10-22)16(23)12-17(19)25-11-8-20;/h2-5,16-17,23H,6-13,20H2,1H3,(H,21,24);1H/t16-,17+;/m1./s1. The number of carbonyl (C=O) groups excluding carboxylic acids is 1. The lowest BCUT2D eigenvalue weighted by molar-refractivity contribution is -0.207. The van der Waals surface area contributed by atoms with Crippen LogP contribution in [0.3, 0.4) is 0 Å². The molecular formula is C19H30ClN3O3. The normalized spacial score (nSPS) is 23.9. The number of aliphatic hydroxyl groups is 1. The van der Waals surface area contributed by atoms with Crippen molar-refractivity contribution in [2.75, 3.05) is 26.2 Å². The van der Waals surface area contributed by atoms with Crippen molar-refractivity contribution in [3.63, 3.8) is 0 Å². The number of aryl methyl sites for hydroxylation is 1. The SMILES string of the molecule is Cc1ccccc1CNC(=O)N1CCC2(CC1)[C@H](O)C[C@@H]2OCCN.Cl. The Bertz CT molecular complexity index is 605. The van der Waals surface area contributed by atoms with Gasteiger partial charge in [-0.25, -0.2) is 4.79 Å². The van der Waals surface area contributed by atoms with E-state index in [0.29, 0.717) is 39.2 Å². The van der Waals surface area contributed by atoms with Gasteiger partial charge in [-0.3, -0.25) is 0 Å². The van der Waals surface area contributed by atoms with Gasteiger partial charge in [0.25, 0.3) is 0 Å². The molecule has 1 heterocycles. The summed E-state index contributed by atoms with van der Waals surface area (Å²) >= 11 is 0. The summed E-state index contributed by atoms with van der Waals surface area (Å²) in [5.41, 5.74) is 7.63. The Balaban J connectivity index is 0.00000243. The van der Waals surface area contributed by atoms with Crippen molar-refractivity contribution >= 4 is 18.4 Å². The zero-order valence-electron chi connectivity index (χ0n) is 15.3. The Morgan fingerprint density at radius 2 is 2.08 bits per heavy atom. The van der Waals surface area contributed by atoms with Gasteiger partial charge in [-0.1, -0.05) is 24.3 Å². The maximum Gasteiger partial charge on any atom is 0.317 e. The molecule has 26 heavy (non-hydrogen) atoms. The third-order valence-corrected chi connectivity index (χ3v) is 5.85. The van der Waals surface area contributed by atoms with Gasteiger partial charge in [0.05, 0.1) is 18.8 Å². The minimum Gasteiger partial charge on any atom is -0.392 e. The van der Waals surface area contributed by atoms with Gasteiger partial charge in [0.15, 0.2) is 0 Å². The van der Waals surface area contributed by atoms with Crippen LogP contribution in [0.15, 0.2) is 24.3 Å². The van der Waals surface area contributed by atoms with Crippen molar-refractivity contribution in [2.24, 2.45) is 11.1 Å². The zero-order chi connectivity index (χ0) is 17.9. The summed E-state index contributed by atoms with van der Waals surface area (Å²) in [5.74, 6) is 0. The molecule has 4 N–H and O–H groups in total.